The van der Waals surface area contributed by atoms with Gasteiger partial charge >= 0.3 is 0 Å². The molecule has 1 aromatic carbocycles. The van der Waals surface area contributed by atoms with E-state index in [9.17, 15) is 13.2 Å². The number of benzene rings is 1. The maximum absolute atomic E-state index is 12.9. The minimum absolute atomic E-state index is 0.00981. The van der Waals surface area contributed by atoms with E-state index in [1.54, 1.807) is 28.6 Å². The van der Waals surface area contributed by atoms with Gasteiger partial charge in [-0.2, -0.15) is 4.31 Å². The van der Waals surface area contributed by atoms with Gasteiger partial charge in [0, 0.05) is 11.6 Å². The standard InChI is InChI=1S/C16H19NO3S/c1-11-3-7-14(8-4-11)21(19,20)17-13-5-9-15(12(2)18)16(17)10-6-13/h3-4,7-9,13,16H,5-6,10H2,1-2H3/t13-,16-/m0/s1. The third-order valence-electron chi connectivity index (χ3n) is 4.41. The lowest BCUT2D eigenvalue weighted by molar-refractivity contribution is -0.114. The van der Waals surface area contributed by atoms with Crippen LogP contribution in [0.2, 0.25) is 0 Å². The summed E-state index contributed by atoms with van der Waals surface area (Å²) in [7, 11) is -3.54. The molecule has 21 heavy (non-hydrogen) atoms. The first kappa shape index (κ1) is 14.5. The smallest absolute Gasteiger partial charge is 0.243 e. The second kappa shape index (κ2) is 5.07. The van der Waals surface area contributed by atoms with Crippen molar-refractivity contribution in [1.29, 1.82) is 0 Å². The van der Waals surface area contributed by atoms with E-state index in [1.807, 2.05) is 13.0 Å². The SMILES string of the molecule is CC(=O)C1=CC[C@H]2CC[C@@H]1N2S(=O)(=O)c1ccc(C)cc1. The second-order valence-corrected chi connectivity index (χ2v) is 7.69. The van der Waals surface area contributed by atoms with E-state index >= 15 is 0 Å². The highest BCUT2D eigenvalue weighted by atomic mass is 32.2. The molecule has 0 amide bonds. The molecule has 1 fully saturated rings. The summed E-state index contributed by atoms with van der Waals surface area (Å²) in [5, 5.41) is 0. The van der Waals surface area contributed by atoms with Crippen LogP contribution in [0.25, 0.3) is 0 Å². The van der Waals surface area contributed by atoms with Crippen LogP contribution in [-0.2, 0) is 14.8 Å². The van der Waals surface area contributed by atoms with Crippen LogP contribution in [0.1, 0.15) is 31.7 Å². The van der Waals surface area contributed by atoms with Crippen LogP contribution in [0.15, 0.2) is 40.8 Å². The van der Waals surface area contributed by atoms with E-state index in [-0.39, 0.29) is 17.9 Å². The van der Waals surface area contributed by atoms with Crippen molar-refractivity contribution in [1.82, 2.24) is 4.31 Å². The van der Waals surface area contributed by atoms with Gasteiger partial charge in [0.15, 0.2) is 5.78 Å². The molecule has 0 saturated carbocycles. The third kappa shape index (κ3) is 2.34. The van der Waals surface area contributed by atoms with Crippen molar-refractivity contribution in [2.24, 2.45) is 0 Å². The second-order valence-electron chi connectivity index (χ2n) is 5.85. The Kier molecular flexibility index (Phi) is 3.50. The van der Waals surface area contributed by atoms with Crippen LogP contribution >= 0.6 is 0 Å². The van der Waals surface area contributed by atoms with E-state index in [1.165, 1.54) is 6.92 Å². The molecule has 0 aliphatic carbocycles. The van der Waals surface area contributed by atoms with Crippen LogP contribution in [-0.4, -0.2) is 30.6 Å². The molecule has 2 atom stereocenters. The summed E-state index contributed by atoms with van der Waals surface area (Å²) in [6.07, 6.45) is 4.12. The van der Waals surface area contributed by atoms with Crippen molar-refractivity contribution in [2.75, 3.05) is 0 Å². The molecule has 3 rings (SSSR count). The molecular weight excluding hydrogens is 286 g/mol. The number of hydrogen-bond donors (Lipinski definition) is 0. The number of carbonyl (C=O) groups is 1. The maximum atomic E-state index is 12.9. The Hall–Kier alpha value is -1.46. The fraction of sp³-hybridized carbons (Fsp3) is 0.438. The fourth-order valence-corrected chi connectivity index (χ4v) is 5.21. The van der Waals surface area contributed by atoms with Gasteiger partial charge in [-0.3, -0.25) is 4.79 Å². The Balaban J connectivity index is 2.02. The topological polar surface area (TPSA) is 54.5 Å². The van der Waals surface area contributed by atoms with Crippen molar-refractivity contribution in [3.63, 3.8) is 0 Å². The molecule has 5 heteroatoms. The van der Waals surface area contributed by atoms with Gasteiger partial charge in [0.2, 0.25) is 10.0 Å². The van der Waals surface area contributed by atoms with Gasteiger partial charge in [-0.1, -0.05) is 23.8 Å². The minimum Gasteiger partial charge on any atom is -0.295 e. The third-order valence-corrected chi connectivity index (χ3v) is 6.39. The molecule has 0 N–H and O–H groups in total. The molecule has 0 spiro atoms. The van der Waals surface area contributed by atoms with Gasteiger partial charge in [-0.05, 0) is 45.2 Å². The Bertz CT molecular complexity index is 704. The number of Topliss-reactive ketones (excluding diaryl/α,β-unsaturated/α-hetero) is 1. The van der Waals surface area contributed by atoms with Gasteiger partial charge < -0.3 is 0 Å². The predicted octanol–water partition coefficient (Wildman–Crippen LogP) is 2.44. The summed E-state index contributed by atoms with van der Waals surface area (Å²) in [6.45, 7) is 3.44. The Morgan fingerprint density at radius 2 is 1.86 bits per heavy atom. The van der Waals surface area contributed by atoms with Gasteiger partial charge in [-0.15, -0.1) is 0 Å². The van der Waals surface area contributed by atoms with Crippen LogP contribution in [0.3, 0.4) is 0 Å². The maximum Gasteiger partial charge on any atom is 0.243 e. The summed E-state index contributed by atoms with van der Waals surface area (Å²) in [5.74, 6) is -0.0237. The van der Waals surface area contributed by atoms with Crippen molar-refractivity contribution >= 4 is 15.8 Å². The first-order valence-corrected chi connectivity index (χ1v) is 8.66. The number of carbonyl (C=O) groups excluding carboxylic acids is 1. The van der Waals surface area contributed by atoms with E-state index in [0.29, 0.717) is 16.9 Å². The summed E-state index contributed by atoms with van der Waals surface area (Å²) in [6, 6.07) is 6.61. The zero-order chi connectivity index (χ0) is 15.2. The number of sulfonamides is 1. The average molecular weight is 305 g/mol. The van der Waals surface area contributed by atoms with Crippen molar-refractivity contribution in [3.8, 4) is 0 Å². The number of ketones is 1. The average Bonchev–Trinajstić information content (AvgIpc) is 2.74. The highest BCUT2D eigenvalue weighted by molar-refractivity contribution is 7.89. The molecule has 2 aliphatic rings. The minimum atomic E-state index is -3.54. The molecule has 0 unspecified atom stereocenters. The summed E-state index contributed by atoms with van der Waals surface area (Å²) < 4.78 is 27.4. The van der Waals surface area contributed by atoms with Crippen LogP contribution < -0.4 is 0 Å². The highest BCUT2D eigenvalue weighted by Gasteiger charge is 2.46. The monoisotopic (exact) mass is 305 g/mol. The van der Waals surface area contributed by atoms with E-state index in [4.69, 9.17) is 0 Å². The normalized spacial score (nSPS) is 25.7. The molecule has 112 valence electrons. The lowest BCUT2D eigenvalue weighted by Gasteiger charge is -2.33. The molecule has 0 aromatic heterocycles. The first-order chi connectivity index (χ1) is 9.91. The zero-order valence-corrected chi connectivity index (χ0v) is 13.1. The Labute approximate surface area is 125 Å². The van der Waals surface area contributed by atoms with Gasteiger partial charge in [0.1, 0.15) is 0 Å². The van der Waals surface area contributed by atoms with Crippen LogP contribution in [0.4, 0.5) is 0 Å². The van der Waals surface area contributed by atoms with Crippen LogP contribution in [0, 0.1) is 6.92 Å². The number of aryl methyl sites for hydroxylation is 1. The zero-order valence-electron chi connectivity index (χ0n) is 12.2. The first-order valence-electron chi connectivity index (χ1n) is 7.22. The molecule has 4 nitrogen and oxygen atoms in total. The number of nitrogens with zero attached hydrogens (tertiary/aromatic N) is 1. The largest absolute Gasteiger partial charge is 0.295 e. The summed E-state index contributed by atoms with van der Waals surface area (Å²) >= 11 is 0. The molecule has 2 heterocycles. The highest BCUT2D eigenvalue weighted by Crippen LogP contribution is 2.40. The lowest BCUT2D eigenvalue weighted by atomic mass is 10.0. The molecule has 1 aromatic rings. The summed E-state index contributed by atoms with van der Waals surface area (Å²) in [4.78, 5) is 12.1. The molecule has 1 saturated heterocycles. The lowest BCUT2D eigenvalue weighted by Crippen LogP contribution is -2.45. The number of rotatable bonds is 3. The van der Waals surface area contributed by atoms with Crippen molar-refractivity contribution < 1.29 is 13.2 Å². The molecule has 0 radical (unpaired) electrons. The van der Waals surface area contributed by atoms with Crippen molar-refractivity contribution in [3.05, 3.63) is 41.5 Å². The van der Waals surface area contributed by atoms with Crippen molar-refractivity contribution in [2.45, 2.75) is 50.1 Å². The van der Waals surface area contributed by atoms with E-state index < -0.39 is 10.0 Å². The van der Waals surface area contributed by atoms with E-state index in [2.05, 4.69) is 0 Å². The Morgan fingerprint density at radius 3 is 2.48 bits per heavy atom. The van der Waals surface area contributed by atoms with Gasteiger partial charge in [0.25, 0.3) is 0 Å². The van der Waals surface area contributed by atoms with Crippen LogP contribution in [0.5, 0.6) is 0 Å². The Morgan fingerprint density at radius 1 is 1.19 bits per heavy atom. The number of hydrogen-bond acceptors (Lipinski definition) is 3. The molecule has 2 aliphatic heterocycles. The molecule has 2 bridgehead atoms. The quantitative estimate of drug-likeness (QED) is 0.862. The fourth-order valence-electron chi connectivity index (χ4n) is 3.35. The molecular formula is C16H19NO3S. The van der Waals surface area contributed by atoms with E-state index in [0.717, 1.165) is 18.4 Å². The predicted molar refractivity (Wildman–Crippen MR) is 80.4 cm³/mol. The summed E-state index contributed by atoms with van der Waals surface area (Å²) in [5.41, 5.74) is 1.68. The van der Waals surface area contributed by atoms with Gasteiger partial charge in [0.05, 0.1) is 10.9 Å². The number of fused-ring (bicyclic) bond motifs is 2. The van der Waals surface area contributed by atoms with Gasteiger partial charge in [-0.25, -0.2) is 8.42 Å².